The first-order valence-corrected chi connectivity index (χ1v) is 7.38. The Morgan fingerprint density at radius 2 is 1.86 bits per heavy atom. The van der Waals surface area contributed by atoms with Crippen LogP contribution in [0.5, 0.6) is 5.75 Å². The van der Waals surface area contributed by atoms with Crippen molar-refractivity contribution in [2.24, 2.45) is 0 Å². The van der Waals surface area contributed by atoms with E-state index < -0.39 is 5.97 Å². The number of esters is 1. The predicted molar refractivity (Wildman–Crippen MR) is 85.5 cm³/mol. The van der Waals surface area contributed by atoms with Crippen LogP contribution in [-0.4, -0.2) is 43.6 Å². The molecule has 0 radical (unpaired) electrons. The summed E-state index contributed by atoms with van der Waals surface area (Å²) in [6, 6.07) is 7.48. The van der Waals surface area contributed by atoms with E-state index in [0.717, 1.165) is 17.7 Å². The maximum atomic E-state index is 11.9. The Bertz CT molecular complexity index is 508. The Labute approximate surface area is 131 Å². The molecule has 0 N–H and O–H groups in total. The highest BCUT2D eigenvalue weighted by Crippen LogP contribution is 2.13. The third kappa shape index (κ3) is 6.43. The van der Waals surface area contributed by atoms with Gasteiger partial charge in [0.2, 0.25) is 5.91 Å². The molecular weight excluding hydrogens is 282 g/mol. The molecule has 0 aliphatic heterocycles. The van der Waals surface area contributed by atoms with Crippen LogP contribution in [0.1, 0.15) is 25.8 Å². The topological polar surface area (TPSA) is 55.8 Å². The number of rotatable bonds is 8. The van der Waals surface area contributed by atoms with Gasteiger partial charge in [0, 0.05) is 13.1 Å². The molecule has 22 heavy (non-hydrogen) atoms. The van der Waals surface area contributed by atoms with Crippen molar-refractivity contribution in [3.05, 3.63) is 35.9 Å². The SMILES string of the molecule is CCCOc1ccc(/C=C/C(=O)N(C)CC(=O)OCC)cc1. The van der Waals surface area contributed by atoms with Crippen LogP contribution >= 0.6 is 0 Å². The van der Waals surface area contributed by atoms with Gasteiger partial charge in [0.05, 0.1) is 13.2 Å². The molecule has 0 heterocycles. The summed E-state index contributed by atoms with van der Waals surface area (Å²) in [5.41, 5.74) is 0.890. The second-order valence-corrected chi connectivity index (χ2v) is 4.75. The van der Waals surface area contributed by atoms with Crippen molar-refractivity contribution in [2.45, 2.75) is 20.3 Å². The largest absolute Gasteiger partial charge is 0.494 e. The minimum atomic E-state index is -0.413. The Kier molecular flexibility index (Phi) is 7.75. The first-order valence-electron chi connectivity index (χ1n) is 7.38. The van der Waals surface area contributed by atoms with Gasteiger partial charge in [-0.25, -0.2) is 0 Å². The van der Waals surface area contributed by atoms with E-state index in [2.05, 4.69) is 6.92 Å². The molecule has 120 valence electrons. The average Bonchev–Trinajstić information content (AvgIpc) is 2.51. The van der Waals surface area contributed by atoms with Gasteiger partial charge in [0.25, 0.3) is 0 Å². The summed E-state index contributed by atoms with van der Waals surface area (Å²) >= 11 is 0. The molecule has 0 saturated heterocycles. The van der Waals surface area contributed by atoms with Gasteiger partial charge >= 0.3 is 5.97 Å². The predicted octanol–water partition coefficient (Wildman–Crippen LogP) is 2.51. The first kappa shape index (κ1) is 17.8. The molecule has 0 fully saturated rings. The molecule has 0 bridgehead atoms. The highest BCUT2D eigenvalue weighted by atomic mass is 16.5. The van der Waals surface area contributed by atoms with E-state index in [4.69, 9.17) is 9.47 Å². The lowest BCUT2D eigenvalue weighted by molar-refractivity contribution is -0.146. The summed E-state index contributed by atoms with van der Waals surface area (Å²) in [5, 5.41) is 0. The number of carbonyl (C=O) groups is 2. The van der Waals surface area contributed by atoms with E-state index in [-0.39, 0.29) is 12.5 Å². The van der Waals surface area contributed by atoms with Crippen LogP contribution in [0, 0.1) is 0 Å². The monoisotopic (exact) mass is 305 g/mol. The van der Waals surface area contributed by atoms with E-state index >= 15 is 0 Å². The number of benzene rings is 1. The quantitative estimate of drug-likeness (QED) is 0.547. The molecule has 0 atom stereocenters. The number of nitrogens with zero attached hydrogens (tertiary/aromatic N) is 1. The minimum absolute atomic E-state index is 0.0548. The second-order valence-electron chi connectivity index (χ2n) is 4.75. The summed E-state index contributed by atoms with van der Waals surface area (Å²) in [5.74, 6) is 0.147. The van der Waals surface area contributed by atoms with Gasteiger partial charge in [-0.05, 0) is 37.1 Å². The Morgan fingerprint density at radius 1 is 1.18 bits per heavy atom. The van der Waals surface area contributed by atoms with Crippen molar-refractivity contribution in [1.29, 1.82) is 0 Å². The molecule has 0 aliphatic carbocycles. The molecule has 5 heteroatoms. The third-order valence-electron chi connectivity index (χ3n) is 2.82. The molecule has 5 nitrogen and oxygen atoms in total. The summed E-state index contributed by atoms with van der Waals surface area (Å²) in [6.45, 7) is 4.72. The van der Waals surface area contributed by atoms with Gasteiger partial charge in [-0.15, -0.1) is 0 Å². The summed E-state index contributed by atoms with van der Waals surface area (Å²) in [6.07, 6.45) is 4.09. The fraction of sp³-hybridized carbons (Fsp3) is 0.412. The molecule has 0 aromatic heterocycles. The summed E-state index contributed by atoms with van der Waals surface area (Å²) < 4.78 is 10.3. The maximum Gasteiger partial charge on any atom is 0.325 e. The lowest BCUT2D eigenvalue weighted by Crippen LogP contribution is -2.31. The third-order valence-corrected chi connectivity index (χ3v) is 2.82. The minimum Gasteiger partial charge on any atom is -0.494 e. The van der Waals surface area contributed by atoms with E-state index in [1.807, 2.05) is 24.3 Å². The van der Waals surface area contributed by atoms with Gasteiger partial charge in [-0.3, -0.25) is 9.59 Å². The van der Waals surface area contributed by atoms with E-state index in [9.17, 15) is 9.59 Å². The maximum absolute atomic E-state index is 11.9. The Hall–Kier alpha value is -2.30. The van der Waals surface area contributed by atoms with Gasteiger partial charge < -0.3 is 14.4 Å². The number of hydrogen-bond acceptors (Lipinski definition) is 4. The molecule has 1 amide bonds. The number of amides is 1. The Morgan fingerprint density at radius 3 is 2.45 bits per heavy atom. The van der Waals surface area contributed by atoms with Crippen molar-refractivity contribution in [3.63, 3.8) is 0 Å². The van der Waals surface area contributed by atoms with E-state index in [1.54, 1.807) is 20.0 Å². The van der Waals surface area contributed by atoms with E-state index in [0.29, 0.717) is 13.2 Å². The molecular formula is C17H23NO4. The number of likely N-dealkylation sites (N-methyl/N-ethyl adjacent to an activating group) is 1. The fourth-order valence-electron chi connectivity index (χ4n) is 1.67. The second kappa shape index (κ2) is 9.60. The van der Waals surface area contributed by atoms with Crippen LogP contribution in [0.4, 0.5) is 0 Å². The molecule has 0 unspecified atom stereocenters. The normalized spacial score (nSPS) is 10.5. The zero-order valence-corrected chi connectivity index (χ0v) is 13.4. The zero-order valence-electron chi connectivity index (χ0n) is 13.4. The summed E-state index contributed by atoms with van der Waals surface area (Å²) in [4.78, 5) is 24.5. The molecule has 1 aromatic rings. The fourth-order valence-corrected chi connectivity index (χ4v) is 1.67. The number of ether oxygens (including phenoxy) is 2. The zero-order chi connectivity index (χ0) is 16.4. The van der Waals surface area contributed by atoms with E-state index in [1.165, 1.54) is 11.0 Å². The highest BCUT2D eigenvalue weighted by molar-refractivity contribution is 5.93. The molecule has 0 aliphatic rings. The smallest absolute Gasteiger partial charge is 0.325 e. The summed E-state index contributed by atoms with van der Waals surface area (Å²) in [7, 11) is 1.56. The molecule has 1 aromatic carbocycles. The van der Waals surface area contributed by atoms with Crippen LogP contribution in [-0.2, 0) is 14.3 Å². The van der Waals surface area contributed by atoms with Crippen molar-refractivity contribution in [2.75, 3.05) is 26.8 Å². The average molecular weight is 305 g/mol. The van der Waals surface area contributed by atoms with Gasteiger partial charge in [0.1, 0.15) is 12.3 Å². The van der Waals surface area contributed by atoms with Crippen LogP contribution in [0.2, 0.25) is 0 Å². The molecule has 0 saturated carbocycles. The van der Waals surface area contributed by atoms with Crippen LogP contribution in [0.15, 0.2) is 30.3 Å². The highest BCUT2D eigenvalue weighted by Gasteiger charge is 2.10. The standard InChI is InChI=1S/C17H23NO4/c1-4-12-22-15-9-6-14(7-10-15)8-11-16(19)18(3)13-17(20)21-5-2/h6-11H,4-5,12-13H2,1-3H3/b11-8+. The van der Waals surface area contributed by atoms with Gasteiger partial charge in [-0.2, -0.15) is 0 Å². The van der Waals surface area contributed by atoms with Gasteiger partial charge in [0.15, 0.2) is 0 Å². The molecule has 0 spiro atoms. The lowest BCUT2D eigenvalue weighted by Gasteiger charge is -2.13. The van der Waals surface area contributed by atoms with Gasteiger partial charge in [-0.1, -0.05) is 19.1 Å². The van der Waals surface area contributed by atoms with Crippen molar-refractivity contribution in [3.8, 4) is 5.75 Å². The Balaban J connectivity index is 2.52. The van der Waals surface area contributed by atoms with Crippen LogP contribution in [0.25, 0.3) is 6.08 Å². The number of carbonyl (C=O) groups excluding carboxylic acids is 2. The van der Waals surface area contributed by atoms with Crippen molar-refractivity contribution >= 4 is 18.0 Å². The lowest BCUT2D eigenvalue weighted by atomic mass is 10.2. The van der Waals surface area contributed by atoms with Crippen molar-refractivity contribution < 1.29 is 19.1 Å². The van der Waals surface area contributed by atoms with Crippen LogP contribution < -0.4 is 4.74 Å². The van der Waals surface area contributed by atoms with Crippen LogP contribution in [0.3, 0.4) is 0 Å². The first-order chi connectivity index (χ1) is 10.6. The number of hydrogen-bond donors (Lipinski definition) is 0. The molecule has 1 rings (SSSR count). The van der Waals surface area contributed by atoms with Crippen molar-refractivity contribution in [1.82, 2.24) is 4.90 Å².